The van der Waals surface area contributed by atoms with Crippen LogP contribution in [0.3, 0.4) is 0 Å². The van der Waals surface area contributed by atoms with E-state index >= 15 is 0 Å². The van der Waals surface area contributed by atoms with Crippen molar-refractivity contribution >= 4 is 11.6 Å². The number of fused-ring (bicyclic) bond motifs is 2. The van der Waals surface area contributed by atoms with Gasteiger partial charge in [0.05, 0.1) is 5.69 Å². The second-order valence-electron chi connectivity index (χ2n) is 7.99. The second kappa shape index (κ2) is 8.03. The Kier molecular flexibility index (Phi) is 5.07. The SMILES string of the molecule is Cc1ccc2nc(CN3CCN(C(=O)[C@H]4COc5ccccc5O4)CC3)cc(=O)n2c1. The fraction of sp³-hybridized carbons (Fsp3) is 0.348. The highest BCUT2D eigenvalue weighted by molar-refractivity contribution is 5.82. The summed E-state index contributed by atoms with van der Waals surface area (Å²) in [4.78, 5) is 34.0. The number of hydrogen-bond acceptors (Lipinski definition) is 6. The van der Waals surface area contributed by atoms with Crippen molar-refractivity contribution < 1.29 is 14.3 Å². The first kappa shape index (κ1) is 19.6. The first-order valence-corrected chi connectivity index (χ1v) is 10.5. The number of pyridine rings is 1. The third-order valence-electron chi connectivity index (χ3n) is 5.71. The molecule has 1 saturated heterocycles. The molecule has 2 aliphatic rings. The minimum absolute atomic E-state index is 0.0494. The lowest BCUT2D eigenvalue weighted by Gasteiger charge is -2.37. The van der Waals surface area contributed by atoms with Crippen molar-refractivity contribution in [1.82, 2.24) is 19.2 Å². The third kappa shape index (κ3) is 3.98. The normalized spacial score (nSPS) is 18.9. The van der Waals surface area contributed by atoms with Crippen molar-refractivity contribution in [3.8, 4) is 11.5 Å². The molecule has 31 heavy (non-hydrogen) atoms. The standard InChI is InChI=1S/C23H24N4O4/c1-16-6-7-21-24-17(12-22(28)27(21)13-16)14-25-8-10-26(11-9-25)23(29)20-15-30-18-4-2-3-5-19(18)31-20/h2-7,12-13,20H,8-11,14-15H2,1H3/t20-/m1/s1. The molecule has 0 saturated carbocycles. The molecule has 0 N–H and O–H groups in total. The molecule has 2 aliphatic heterocycles. The molecular formula is C23H24N4O4. The van der Waals surface area contributed by atoms with Gasteiger partial charge in [-0.1, -0.05) is 18.2 Å². The number of aromatic nitrogens is 2. The summed E-state index contributed by atoms with van der Waals surface area (Å²) in [6.45, 7) is 5.39. The lowest BCUT2D eigenvalue weighted by atomic mass is 10.2. The van der Waals surface area contributed by atoms with Gasteiger partial charge < -0.3 is 14.4 Å². The molecule has 2 aromatic heterocycles. The molecule has 1 fully saturated rings. The Bertz CT molecular complexity index is 1180. The summed E-state index contributed by atoms with van der Waals surface area (Å²) in [6, 6.07) is 12.8. The summed E-state index contributed by atoms with van der Waals surface area (Å²) in [5.41, 5.74) is 2.33. The van der Waals surface area contributed by atoms with Crippen LogP contribution < -0.4 is 15.0 Å². The van der Waals surface area contributed by atoms with Gasteiger partial charge in [-0.3, -0.25) is 18.9 Å². The molecule has 0 bridgehead atoms. The van der Waals surface area contributed by atoms with E-state index in [-0.39, 0.29) is 18.1 Å². The second-order valence-corrected chi connectivity index (χ2v) is 7.99. The average Bonchev–Trinajstić information content (AvgIpc) is 2.79. The highest BCUT2D eigenvalue weighted by atomic mass is 16.6. The number of carbonyl (C=O) groups is 1. The van der Waals surface area contributed by atoms with Crippen LogP contribution >= 0.6 is 0 Å². The van der Waals surface area contributed by atoms with Crippen molar-refractivity contribution in [3.05, 3.63) is 70.3 Å². The van der Waals surface area contributed by atoms with Gasteiger partial charge in [-0.2, -0.15) is 0 Å². The molecule has 160 valence electrons. The quantitative estimate of drug-likeness (QED) is 0.639. The van der Waals surface area contributed by atoms with E-state index in [0.29, 0.717) is 49.9 Å². The summed E-state index contributed by atoms with van der Waals surface area (Å²) in [7, 11) is 0. The molecule has 0 radical (unpaired) electrons. The Hall–Kier alpha value is -3.39. The Morgan fingerprint density at radius 1 is 1.10 bits per heavy atom. The first-order valence-electron chi connectivity index (χ1n) is 10.5. The van der Waals surface area contributed by atoms with Gasteiger partial charge in [0.2, 0.25) is 6.10 Å². The molecule has 4 heterocycles. The maximum Gasteiger partial charge on any atom is 0.267 e. The Balaban J connectivity index is 1.20. The van der Waals surface area contributed by atoms with Gasteiger partial charge in [-0.15, -0.1) is 0 Å². The van der Waals surface area contributed by atoms with E-state index in [9.17, 15) is 9.59 Å². The lowest BCUT2D eigenvalue weighted by Crippen LogP contribution is -2.53. The molecule has 3 aromatic rings. The highest BCUT2D eigenvalue weighted by Gasteiger charge is 2.32. The molecule has 1 amide bonds. The van der Waals surface area contributed by atoms with Gasteiger partial charge in [-0.05, 0) is 30.7 Å². The van der Waals surface area contributed by atoms with Gasteiger partial charge in [-0.25, -0.2) is 4.98 Å². The summed E-state index contributed by atoms with van der Waals surface area (Å²) >= 11 is 0. The Labute approximate surface area is 179 Å². The smallest absolute Gasteiger partial charge is 0.267 e. The average molecular weight is 420 g/mol. The van der Waals surface area contributed by atoms with E-state index in [1.54, 1.807) is 16.7 Å². The van der Waals surface area contributed by atoms with Crippen molar-refractivity contribution in [2.45, 2.75) is 19.6 Å². The highest BCUT2D eigenvalue weighted by Crippen LogP contribution is 2.31. The van der Waals surface area contributed by atoms with E-state index in [1.165, 1.54) is 0 Å². The molecule has 5 rings (SSSR count). The Morgan fingerprint density at radius 2 is 1.87 bits per heavy atom. The largest absolute Gasteiger partial charge is 0.485 e. The number of aryl methyl sites for hydroxylation is 1. The van der Waals surface area contributed by atoms with Gasteiger partial charge >= 0.3 is 0 Å². The number of amides is 1. The van der Waals surface area contributed by atoms with Gasteiger partial charge in [0.25, 0.3) is 11.5 Å². The van der Waals surface area contributed by atoms with Gasteiger partial charge in [0.15, 0.2) is 11.5 Å². The number of benzene rings is 1. The van der Waals surface area contributed by atoms with Crippen LogP contribution in [0.15, 0.2) is 53.5 Å². The van der Waals surface area contributed by atoms with Crippen molar-refractivity contribution in [3.63, 3.8) is 0 Å². The number of nitrogens with zero attached hydrogens (tertiary/aromatic N) is 4. The first-order chi connectivity index (χ1) is 15.1. The van der Waals surface area contributed by atoms with E-state index in [1.807, 2.05) is 48.2 Å². The number of para-hydroxylation sites is 2. The van der Waals surface area contributed by atoms with E-state index in [2.05, 4.69) is 9.88 Å². The topological polar surface area (TPSA) is 76.4 Å². The van der Waals surface area contributed by atoms with Crippen LogP contribution in [0, 0.1) is 6.92 Å². The van der Waals surface area contributed by atoms with Gasteiger partial charge in [0.1, 0.15) is 12.3 Å². The van der Waals surface area contributed by atoms with Crippen molar-refractivity contribution in [2.24, 2.45) is 0 Å². The molecule has 8 heteroatoms. The van der Waals surface area contributed by atoms with E-state index in [0.717, 1.165) is 11.3 Å². The van der Waals surface area contributed by atoms with Crippen molar-refractivity contribution in [1.29, 1.82) is 0 Å². The van der Waals surface area contributed by atoms with Crippen LogP contribution in [0.1, 0.15) is 11.3 Å². The molecule has 8 nitrogen and oxygen atoms in total. The fourth-order valence-corrected chi connectivity index (χ4v) is 4.04. The van der Waals surface area contributed by atoms with E-state index < -0.39 is 6.10 Å². The van der Waals surface area contributed by atoms with Crippen LogP contribution in [0.5, 0.6) is 11.5 Å². The summed E-state index contributed by atoms with van der Waals surface area (Å²) in [5.74, 6) is 1.23. The number of rotatable bonds is 3. The maximum absolute atomic E-state index is 12.9. The number of piperazine rings is 1. The van der Waals surface area contributed by atoms with Crippen molar-refractivity contribution in [2.75, 3.05) is 32.8 Å². The van der Waals surface area contributed by atoms with Crippen LogP contribution in [0.2, 0.25) is 0 Å². The minimum atomic E-state index is -0.618. The lowest BCUT2D eigenvalue weighted by molar-refractivity contribution is -0.143. The van der Waals surface area contributed by atoms with Gasteiger partial charge in [0, 0.05) is 45.0 Å². The predicted octanol–water partition coefficient (Wildman–Crippen LogP) is 1.49. The number of hydrogen-bond donors (Lipinski definition) is 0. The molecule has 0 aliphatic carbocycles. The summed E-state index contributed by atoms with van der Waals surface area (Å²) in [6.07, 6.45) is 1.18. The molecule has 0 spiro atoms. The number of carbonyl (C=O) groups excluding carboxylic acids is 1. The zero-order valence-corrected chi connectivity index (χ0v) is 17.4. The molecule has 1 aromatic carbocycles. The zero-order valence-electron chi connectivity index (χ0n) is 17.4. The molecular weight excluding hydrogens is 396 g/mol. The predicted molar refractivity (Wildman–Crippen MR) is 114 cm³/mol. The van der Waals surface area contributed by atoms with Crippen LogP contribution in [-0.4, -0.2) is 64.0 Å². The van der Waals surface area contributed by atoms with Crippen LogP contribution in [0.4, 0.5) is 0 Å². The monoisotopic (exact) mass is 420 g/mol. The third-order valence-corrected chi connectivity index (χ3v) is 5.71. The molecule has 1 atom stereocenters. The van der Waals surface area contributed by atoms with Crippen LogP contribution in [-0.2, 0) is 11.3 Å². The minimum Gasteiger partial charge on any atom is -0.485 e. The summed E-state index contributed by atoms with van der Waals surface area (Å²) < 4.78 is 13.1. The Morgan fingerprint density at radius 3 is 2.68 bits per heavy atom. The molecule has 0 unspecified atom stereocenters. The number of ether oxygens (including phenoxy) is 2. The van der Waals surface area contributed by atoms with E-state index in [4.69, 9.17) is 9.47 Å². The maximum atomic E-state index is 12.9. The van der Waals surface area contributed by atoms with Crippen LogP contribution in [0.25, 0.3) is 5.65 Å². The fourth-order valence-electron chi connectivity index (χ4n) is 4.04. The zero-order chi connectivity index (χ0) is 21.4. The summed E-state index contributed by atoms with van der Waals surface area (Å²) in [5, 5.41) is 0.